The van der Waals surface area contributed by atoms with Gasteiger partial charge in [0.2, 0.25) is 0 Å². The largest absolute Gasteiger partial charge is 1.00 e. The molecule has 0 spiro atoms. The van der Waals surface area contributed by atoms with E-state index in [0.717, 1.165) is 25.7 Å². The second kappa shape index (κ2) is 37.8. The van der Waals surface area contributed by atoms with Gasteiger partial charge < -0.3 is 6.16 Å². The first-order valence-electron chi connectivity index (χ1n) is 17.9. The topological polar surface area (TPSA) is 43.4 Å². The zero-order chi connectivity index (χ0) is 28.5. The number of ether oxygens (including phenoxy) is 1. The maximum atomic E-state index is 11.9. The normalized spacial score (nSPS) is 10.9. The Morgan fingerprint density at radius 3 is 0.725 bits per heavy atom. The molecule has 0 bridgehead atoms. The monoisotopic (exact) mass is 591 g/mol. The van der Waals surface area contributed by atoms with E-state index in [1.54, 1.807) is 0 Å². The second-order valence-corrected chi connectivity index (χ2v) is 12.2. The first-order chi connectivity index (χ1) is 19.2. The van der Waals surface area contributed by atoms with Crippen LogP contribution >= 0.6 is 0 Å². The van der Waals surface area contributed by atoms with Crippen molar-refractivity contribution < 1.29 is 67.1 Å². The van der Waals surface area contributed by atoms with E-state index in [4.69, 9.17) is 4.74 Å². The smallest absolute Gasteiger partial charge is 1.00 e. The summed E-state index contributed by atoms with van der Waals surface area (Å²) in [6, 6.07) is 0. The van der Waals surface area contributed by atoms with Crippen LogP contribution < -0.4 is 51.4 Å². The molecule has 0 heterocycles. The number of rotatable bonds is 32. The predicted octanol–water partition coefficient (Wildman–Crippen LogP) is 9.70. The summed E-state index contributed by atoms with van der Waals surface area (Å²) in [5.74, 6) is -0.647. The molecule has 0 aliphatic rings. The van der Waals surface area contributed by atoms with Gasteiger partial charge in [0.25, 0.3) is 0 Å². The average Bonchev–Trinajstić information content (AvgIpc) is 2.93. The van der Waals surface area contributed by atoms with E-state index in [9.17, 15) is 9.59 Å². The molecule has 0 aromatic carbocycles. The fourth-order valence-corrected chi connectivity index (χ4v) is 5.51. The fraction of sp³-hybridized carbons (Fsp3) is 0.944. The minimum Gasteiger partial charge on any atom is -1.00 e. The van der Waals surface area contributed by atoms with Crippen molar-refractivity contribution in [3.63, 3.8) is 0 Å². The Balaban J connectivity index is -0.00000722. The molecule has 0 aromatic heterocycles. The van der Waals surface area contributed by atoms with Crippen LogP contribution in [0.5, 0.6) is 0 Å². The molecule has 0 unspecified atom stereocenters. The van der Waals surface area contributed by atoms with Crippen LogP contribution in [0.3, 0.4) is 0 Å². The third-order valence-electron chi connectivity index (χ3n) is 8.20. The standard InChI is InChI=1S/C36H70O3.K.H/c1-3-5-7-9-11-13-15-17-19-21-23-25-27-29-31-33-35(37)39-36(38)34-32-30-28-26-24-22-20-18-16-14-12-10-8-6-4-2;;/h3-34H2,1-2H3;;/q;+1;-1. The first kappa shape index (κ1) is 42.9. The zero-order valence-electron chi connectivity index (χ0n) is 28.9. The Kier molecular flexibility index (Phi) is 40.5. The van der Waals surface area contributed by atoms with Crippen molar-refractivity contribution in [2.45, 2.75) is 219 Å². The van der Waals surface area contributed by atoms with Crippen molar-refractivity contribution in [2.75, 3.05) is 0 Å². The summed E-state index contributed by atoms with van der Waals surface area (Å²) >= 11 is 0. The van der Waals surface area contributed by atoms with Gasteiger partial charge in [0.05, 0.1) is 0 Å². The third-order valence-corrected chi connectivity index (χ3v) is 8.20. The Labute approximate surface area is 295 Å². The number of hydrogen-bond acceptors (Lipinski definition) is 3. The Morgan fingerprint density at radius 1 is 0.350 bits per heavy atom. The number of unbranched alkanes of at least 4 members (excludes halogenated alkanes) is 28. The Bertz CT molecular complexity index is 471. The summed E-state index contributed by atoms with van der Waals surface area (Å²) in [7, 11) is 0. The Morgan fingerprint density at radius 2 is 0.525 bits per heavy atom. The van der Waals surface area contributed by atoms with Gasteiger partial charge in [0, 0.05) is 12.8 Å². The van der Waals surface area contributed by atoms with E-state index in [-0.39, 0.29) is 64.7 Å². The van der Waals surface area contributed by atoms with Gasteiger partial charge in [0.1, 0.15) is 0 Å². The molecule has 0 N–H and O–H groups in total. The third kappa shape index (κ3) is 36.8. The van der Waals surface area contributed by atoms with Crippen molar-refractivity contribution >= 4 is 11.9 Å². The van der Waals surface area contributed by atoms with E-state index in [1.807, 2.05) is 0 Å². The molecule has 4 heteroatoms. The molecule has 0 rings (SSSR count). The van der Waals surface area contributed by atoms with Gasteiger partial charge in [-0.15, -0.1) is 0 Å². The molecule has 0 aliphatic heterocycles. The SMILES string of the molecule is CCCCCCCCCCCCCCCCCC(=O)OC(=O)CCCCCCCCCCCCCCCCC.[H-].[K+]. The maximum Gasteiger partial charge on any atom is 1.00 e. The summed E-state index contributed by atoms with van der Waals surface area (Å²) in [6.07, 6.45) is 40.1. The van der Waals surface area contributed by atoms with Crippen molar-refractivity contribution in [1.82, 2.24) is 0 Å². The summed E-state index contributed by atoms with van der Waals surface area (Å²) in [5, 5.41) is 0. The molecule has 0 aromatic rings. The van der Waals surface area contributed by atoms with E-state index < -0.39 is 0 Å². The van der Waals surface area contributed by atoms with Gasteiger partial charge in [-0.1, -0.05) is 194 Å². The molecule has 0 amide bonds. The van der Waals surface area contributed by atoms with Crippen LogP contribution in [0.4, 0.5) is 0 Å². The van der Waals surface area contributed by atoms with Crippen LogP contribution in [-0.2, 0) is 14.3 Å². The van der Waals surface area contributed by atoms with Crippen LogP contribution in [0, 0.1) is 0 Å². The molecular weight excluding hydrogens is 519 g/mol. The predicted molar refractivity (Wildman–Crippen MR) is 171 cm³/mol. The number of carbonyl (C=O) groups excluding carboxylic acids is 2. The quantitative estimate of drug-likeness (QED) is 0.0339. The number of esters is 2. The van der Waals surface area contributed by atoms with Gasteiger partial charge >= 0.3 is 63.3 Å². The van der Waals surface area contributed by atoms with Crippen LogP contribution in [0.25, 0.3) is 0 Å². The summed E-state index contributed by atoms with van der Waals surface area (Å²) in [4.78, 5) is 23.8. The average molecular weight is 591 g/mol. The molecule has 0 saturated heterocycles. The summed E-state index contributed by atoms with van der Waals surface area (Å²) < 4.78 is 5.01. The molecule has 3 nitrogen and oxygen atoms in total. The summed E-state index contributed by atoms with van der Waals surface area (Å²) in [5.41, 5.74) is 0. The van der Waals surface area contributed by atoms with Gasteiger partial charge in [-0.25, -0.2) is 0 Å². The molecule has 0 atom stereocenters. The van der Waals surface area contributed by atoms with E-state index >= 15 is 0 Å². The van der Waals surface area contributed by atoms with E-state index in [0.29, 0.717) is 12.8 Å². The molecule has 0 aliphatic carbocycles. The fourth-order valence-electron chi connectivity index (χ4n) is 5.51. The molecule has 0 saturated carbocycles. The van der Waals surface area contributed by atoms with Gasteiger partial charge in [0.15, 0.2) is 0 Å². The van der Waals surface area contributed by atoms with Gasteiger partial charge in [-0.2, -0.15) is 0 Å². The van der Waals surface area contributed by atoms with Gasteiger partial charge in [-0.3, -0.25) is 9.59 Å². The van der Waals surface area contributed by atoms with Crippen LogP contribution in [0.2, 0.25) is 0 Å². The maximum absolute atomic E-state index is 11.9. The first-order valence-corrected chi connectivity index (χ1v) is 17.9. The van der Waals surface area contributed by atoms with Crippen molar-refractivity contribution in [3.05, 3.63) is 0 Å². The molecule has 234 valence electrons. The molecular formula is C36H71KO3. The van der Waals surface area contributed by atoms with Crippen LogP contribution in [0.15, 0.2) is 0 Å². The van der Waals surface area contributed by atoms with Crippen molar-refractivity contribution in [2.24, 2.45) is 0 Å². The van der Waals surface area contributed by atoms with E-state index in [1.165, 1.54) is 167 Å². The van der Waals surface area contributed by atoms with Crippen molar-refractivity contribution in [3.8, 4) is 0 Å². The molecule has 0 fully saturated rings. The minimum atomic E-state index is -0.323. The minimum absolute atomic E-state index is 0. The van der Waals surface area contributed by atoms with Crippen molar-refractivity contribution in [1.29, 1.82) is 0 Å². The zero-order valence-corrected chi connectivity index (χ0v) is 31.0. The summed E-state index contributed by atoms with van der Waals surface area (Å²) in [6.45, 7) is 4.55. The Hall–Kier alpha value is 0.776. The van der Waals surface area contributed by atoms with Crippen LogP contribution in [0.1, 0.15) is 221 Å². The molecule has 40 heavy (non-hydrogen) atoms. The van der Waals surface area contributed by atoms with Crippen LogP contribution in [-0.4, -0.2) is 11.9 Å². The molecule has 0 radical (unpaired) electrons. The second-order valence-electron chi connectivity index (χ2n) is 12.2. The van der Waals surface area contributed by atoms with E-state index in [2.05, 4.69) is 13.8 Å². The number of carbonyl (C=O) groups is 2. The van der Waals surface area contributed by atoms with Gasteiger partial charge in [-0.05, 0) is 12.8 Å². The number of hydrogen-bond donors (Lipinski definition) is 0.